The Bertz CT molecular complexity index is 214. The van der Waals surface area contributed by atoms with Crippen LogP contribution in [-0.2, 0) is 4.79 Å². The molecule has 0 saturated carbocycles. The van der Waals surface area contributed by atoms with E-state index in [0.29, 0.717) is 5.03 Å². The van der Waals surface area contributed by atoms with E-state index in [-0.39, 0.29) is 6.29 Å². The van der Waals surface area contributed by atoms with Crippen molar-refractivity contribution >= 4 is 17.9 Å². The lowest BCUT2D eigenvalue weighted by atomic mass is 10.2. The van der Waals surface area contributed by atoms with Crippen LogP contribution in [0.3, 0.4) is 0 Å². The Labute approximate surface area is 62.4 Å². The van der Waals surface area contributed by atoms with Crippen molar-refractivity contribution in [3.8, 4) is 0 Å². The van der Waals surface area contributed by atoms with Gasteiger partial charge in [0.2, 0.25) is 0 Å². The molecule has 0 aromatic rings. The van der Waals surface area contributed by atoms with E-state index in [9.17, 15) is 9.18 Å². The van der Waals surface area contributed by atoms with Gasteiger partial charge in [-0.1, -0.05) is 11.6 Å². The number of nitrogens with one attached hydrogen (secondary N) is 1. The summed E-state index contributed by atoms with van der Waals surface area (Å²) in [6.45, 7) is 0. The number of rotatable bonds is 1. The molecule has 0 radical (unpaired) electrons. The number of halogens is 2. The molecule has 0 aliphatic carbocycles. The Morgan fingerprint density at radius 2 is 2.50 bits per heavy atom. The largest absolute Gasteiger partial charge is 0.349 e. The summed E-state index contributed by atoms with van der Waals surface area (Å²) in [4.78, 5) is 10.0. The molecule has 1 unspecified atom stereocenters. The van der Waals surface area contributed by atoms with Gasteiger partial charge in [0, 0.05) is 6.20 Å². The third-order valence-corrected chi connectivity index (χ3v) is 1.32. The molecule has 2 nitrogen and oxygen atoms in total. The van der Waals surface area contributed by atoms with Gasteiger partial charge in [-0.2, -0.15) is 0 Å². The zero-order valence-corrected chi connectivity index (χ0v) is 5.73. The zero-order valence-electron chi connectivity index (χ0n) is 4.97. The highest BCUT2D eigenvalue weighted by molar-refractivity contribution is 6.31. The van der Waals surface area contributed by atoms with Crippen molar-refractivity contribution in [2.45, 2.75) is 5.79 Å². The zero-order chi connectivity index (χ0) is 7.61. The number of aldehydes is 1. The Morgan fingerprint density at radius 1 is 1.80 bits per heavy atom. The van der Waals surface area contributed by atoms with Crippen LogP contribution in [0.1, 0.15) is 0 Å². The molecule has 0 bridgehead atoms. The van der Waals surface area contributed by atoms with E-state index in [2.05, 4.69) is 5.32 Å². The third kappa shape index (κ3) is 1.36. The summed E-state index contributed by atoms with van der Waals surface area (Å²) in [5.41, 5.74) is 0. The van der Waals surface area contributed by atoms with Crippen molar-refractivity contribution in [3.05, 3.63) is 23.4 Å². The monoisotopic (exact) mass is 161 g/mol. The van der Waals surface area contributed by atoms with Crippen molar-refractivity contribution in [1.29, 1.82) is 0 Å². The summed E-state index contributed by atoms with van der Waals surface area (Å²) in [6.07, 6.45) is 3.79. The molecule has 1 N–H and O–H groups in total. The molecule has 0 aromatic carbocycles. The molecule has 4 heteroatoms. The number of hydrogen-bond acceptors (Lipinski definition) is 2. The van der Waals surface area contributed by atoms with Crippen molar-refractivity contribution in [2.75, 3.05) is 0 Å². The van der Waals surface area contributed by atoms with Gasteiger partial charge in [-0.3, -0.25) is 4.79 Å². The quantitative estimate of drug-likeness (QED) is 0.461. The summed E-state index contributed by atoms with van der Waals surface area (Å²) >= 11 is 5.43. The average Bonchev–Trinajstić information content (AvgIpc) is 1.96. The Kier molecular flexibility index (Phi) is 1.76. The van der Waals surface area contributed by atoms with Gasteiger partial charge in [-0.05, 0) is 12.2 Å². The van der Waals surface area contributed by atoms with Crippen molar-refractivity contribution < 1.29 is 9.18 Å². The fraction of sp³-hybridized carbons (Fsp3) is 0.167. The van der Waals surface area contributed by atoms with Gasteiger partial charge in [0.1, 0.15) is 0 Å². The normalized spacial score (nSPS) is 30.8. The van der Waals surface area contributed by atoms with Gasteiger partial charge in [0.05, 0.1) is 5.03 Å². The number of dihydropyridines is 1. The molecular formula is C6H5ClFNO. The summed E-state index contributed by atoms with van der Waals surface area (Å²) in [7, 11) is 0. The van der Waals surface area contributed by atoms with E-state index in [1.165, 1.54) is 12.3 Å². The topological polar surface area (TPSA) is 29.1 Å². The first-order valence-corrected chi connectivity index (χ1v) is 3.02. The number of carbonyl (C=O) groups excluding carboxylic acids is 1. The molecule has 10 heavy (non-hydrogen) atoms. The Morgan fingerprint density at radius 3 is 2.90 bits per heavy atom. The molecule has 1 aliphatic rings. The minimum atomic E-state index is -2.07. The van der Waals surface area contributed by atoms with Crippen LogP contribution >= 0.6 is 11.6 Å². The number of alkyl halides is 1. The molecule has 1 atom stereocenters. The molecule has 1 rings (SSSR count). The molecule has 1 heterocycles. The van der Waals surface area contributed by atoms with E-state index in [1.54, 1.807) is 0 Å². The first-order chi connectivity index (χ1) is 4.66. The van der Waals surface area contributed by atoms with E-state index in [0.717, 1.165) is 6.08 Å². The smallest absolute Gasteiger partial charge is 0.255 e. The summed E-state index contributed by atoms with van der Waals surface area (Å²) in [5.74, 6) is -2.07. The maximum atomic E-state index is 12.8. The van der Waals surface area contributed by atoms with Crippen molar-refractivity contribution in [1.82, 2.24) is 5.32 Å². The number of hydrogen-bond donors (Lipinski definition) is 1. The highest BCUT2D eigenvalue weighted by atomic mass is 35.5. The first kappa shape index (κ1) is 7.28. The fourth-order valence-corrected chi connectivity index (χ4v) is 0.668. The minimum Gasteiger partial charge on any atom is -0.349 e. The summed E-state index contributed by atoms with van der Waals surface area (Å²) in [6, 6.07) is 0. The number of carbonyl (C=O) groups is 1. The van der Waals surface area contributed by atoms with E-state index < -0.39 is 5.79 Å². The van der Waals surface area contributed by atoms with Crippen LogP contribution in [-0.4, -0.2) is 12.1 Å². The molecule has 0 amide bonds. The maximum absolute atomic E-state index is 12.8. The lowest BCUT2D eigenvalue weighted by molar-refractivity contribution is -0.116. The van der Waals surface area contributed by atoms with E-state index in [4.69, 9.17) is 11.6 Å². The predicted octanol–water partition coefficient (Wildman–Crippen LogP) is 1.09. The van der Waals surface area contributed by atoms with Gasteiger partial charge < -0.3 is 5.32 Å². The first-order valence-electron chi connectivity index (χ1n) is 2.64. The van der Waals surface area contributed by atoms with Crippen LogP contribution in [0.5, 0.6) is 0 Å². The Hall–Kier alpha value is -0.830. The molecular weight excluding hydrogens is 157 g/mol. The molecule has 54 valence electrons. The van der Waals surface area contributed by atoms with Gasteiger partial charge in [0.25, 0.3) is 5.79 Å². The standard InChI is InChI=1S/C6H5ClFNO/c7-5-1-2-6(8,4-10)9-3-5/h1-4,9H. The molecule has 0 fully saturated rings. The second kappa shape index (κ2) is 2.42. The third-order valence-electron chi connectivity index (χ3n) is 1.09. The average molecular weight is 162 g/mol. The van der Waals surface area contributed by atoms with Crippen LogP contribution in [0.25, 0.3) is 0 Å². The van der Waals surface area contributed by atoms with Crippen molar-refractivity contribution in [2.24, 2.45) is 0 Å². The highest BCUT2D eigenvalue weighted by Gasteiger charge is 2.25. The second-order valence-electron chi connectivity index (χ2n) is 1.89. The second-order valence-corrected chi connectivity index (χ2v) is 2.33. The van der Waals surface area contributed by atoms with Crippen LogP contribution < -0.4 is 5.32 Å². The Balaban J connectivity index is 2.76. The molecule has 0 aromatic heterocycles. The molecule has 0 saturated heterocycles. The van der Waals surface area contributed by atoms with Crippen molar-refractivity contribution in [3.63, 3.8) is 0 Å². The molecule has 0 spiro atoms. The van der Waals surface area contributed by atoms with Crippen LogP contribution in [0.4, 0.5) is 4.39 Å². The summed E-state index contributed by atoms with van der Waals surface area (Å²) in [5, 5.41) is 2.55. The van der Waals surface area contributed by atoms with Crippen LogP contribution in [0.2, 0.25) is 0 Å². The molecule has 1 aliphatic heterocycles. The predicted molar refractivity (Wildman–Crippen MR) is 36.1 cm³/mol. The van der Waals surface area contributed by atoms with Gasteiger partial charge in [-0.25, -0.2) is 4.39 Å². The van der Waals surface area contributed by atoms with E-state index in [1.807, 2.05) is 0 Å². The fourth-order valence-electron chi connectivity index (χ4n) is 0.550. The van der Waals surface area contributed by atoms with Gasteiger partial charge in [-0.15, -0.1) is 0 Å². The minimum absolute atomic E-state index is 0.170. The SMILES string of the molecule is O=CC1(F)C=CC(Cl)=CN1. The number of allylic oxidation sites excluding steroid dienone is 2. The highest BCUT2D eigenvalue weighted by Crippen LogP contribution is 2.15. The van der Waals surface area contributed by atoms with Crippen LogP contribution in [0.15, 0.2) is 23.4 Å². The maximum Gasteiger partial charge on any atom is 0.255 e. The summed E-state index contributed by atoms with van der Waals surface area (Å²) < 4.78 is 12.8. The van der Waals surface area contributed by atoms with Gasteiger partial charge >= 0.3 is 0 Å². The van der Waals surface area contributed by atoms with Gasteiger partial charge in [0.15, 0.2) is 6.29 Å². The lowest BCUT2D eigenvalue weighted by Gasteiger charge is -2.17. The van der Waals surface area contributed by atoms with E-state index >= 15 is 0 Å². The lowest BCUT2D eigenvalue weighted by Crippen LogP contribution is -2.38. The van der Waals surface area contributed by atoms with Crippen LogP contribution in [0, 0.1) is 0 Å².